The van der Waals surface area contributed by atoms with Crippen LogP contribution in [0, 0.1) is 5.41 Å². The summed E-state index contributed by atoms with van der Waals surface area (Å²) in [5.41, 5.74) is 6.93. The molecule has 19 heavy (non-hydrogen) atoms. The zero-order chi connectivity index (χ0) is 14.0. The molecule has 0 spiro atoms. The number of para-hydroxylation sites is 1. The number of hydrogen-bond donors (Lipinski definition) is 2. The highest BCUT2D eigenvalue weighted by molar-refractivity contribution is 6.34. The number of nitrogens with one attached hydrogen (secondary N) is 1. The maximum Gasteiger partial charge on any atom is 0.231 e. The van der Waals surface area contributed by atoms with Gasteiger partial charge >= 0.3 is 0 Å². The smallest absolute Gasteiger partial charge is 0.231 e. The van der Waals surface area contributed by atoms with Crippen LogP contribution in [0.2, 0.25) is 5.02 Å². The van der Waals surface area contributed by atoms with Crippen LogP contribution in [0.25, 0.3) is 0 Å². The largest absolute Gasteiger partial charge is 0.375 e. The first kappa shape index (κ1) is 14.2. The third-order valence-corrected chi connectivity index (χ3v) is 4.17. The van der Waals surface area contributed by atoms with Gasteiger partial charge in [-0.15, -0.1) is 0 Å². The van der Waals surface area contributed by atoms with Crippen molar-refractivity contribution in [1.82, 2.24) is 0 Å². The molecule has 0 atom stereocenters. The van der Waals surface area contributed by atoms with Crippen LogP contribution in [-0.2, 0) is 4.79 Å². The predicted molar refractivity (Wildman–Crippen MR) is 79.7 cm³/mol. The number of benzene rings is 1. The summed E-state index contributed by atoms with van der Waals surface area (Å²) in [7, 11) is 3.80. The van der Waals surface area contributed by atoms with E-state index in [-0.39, 0.29) is 11.3 Å². The first-order valence-electron chi connectivity index (χ1n) is 6.47. The Bertz CT molecular complexity index is 478. The van der Waals surface area contributed by atoms with Gasteiger partial charge in [-0.1, -0.05) is 24.1 Å². The molecular weight excluding hydrogens is 262 g/mol. The third kappa shape index (κ3) is 2.55. The molecule has 0 bridgehead atoms. The fraction of sp³-hybridized carbons (Fsp3) is 0.500. The van der Waals surface area contributed by atoms with Gasteiger partial charge in [0.15, 0.2) is 0 Å². The van der Waals surface area contributed by atoms with Crippen molar-refractivity contribution in [2.75, 3.05) is 30.9 Å². The summed E-state index contributed by atoms with van der Waals surface area (Å²) >= 11 is 6.19. The number of anilines is 2. The second kappa shape index (κ2) is 5.39. The minimum atomic E-state index is -0.383. The quantitative estimate of drug-likeness (QED) is 0.891. The lowest BCUT2D eigenvalue weighted by atomic mass is 9.68. The average Bonchev–Trinajstić information content (AvgIpc) is 2.27. The van der Waals surface area contributed by atoms with Gasteiger partial charge in [-0.3, -0.25) is 4.79 Å². The van der Waals surface area contributed by atoms with Gasteiger partial charge in [0.2, 0.25) is 5.91 Å². The van der Waals surface area contributed by atoms with Crippen LogP contribution in [0.15, 0.2) is 18.2 Å². The van der Waals surface area contributed by atoms with Crippen LogP contribution in [-0.4, -0.2) is 26.5 Å². The first-order valence-corrected chi connectivity index (χ1v) is 6.85. The molecule has 4 nitrogen and oxygen atoms in total. The first-order chi connectivity index (χ1) is 9.00. The average molecular weight is 282 g/mol. The molecule has 0 aromatic heterocycles. The van der Waals surface area contributed by atoms with Crippen molar-refractivity contribution >= 4 is 28.9 Å². The summed E-state index contributed by atoms with van der Waals surface area (Å²) in [5, 5.41) is 3.60. The molecule has 0 heterocycles. The Balaban J connectivity index is 2.24. The highest BCUT2D eigenvalue weighted by Gasteiger charge is 2.43. The van der Waals surface area contributed by atoms with Crippen molar-refractivity contribution in [2.45, 2.75) is 19.3 Å². The van der Waals surface area contributed by atoms with Gasteiger partial charge in [0.1, 0.15) is 0 Å². The molecule has 1 fully saturated rings. The molecule has 1 aliphatic rings. The number of carbonyl (C=O) groups excluding carboxylic acids is 1. The molecule has 1 amide bonds. The zero-order valence-electron chi connectivity index (χ0n) is 11.4. The van der Waals surface area contributed by atoms with E-state index in [2.05, 4.69) is 5.32 Å². The number of amides is 1. The maximum absolute atomic E-state index is 12.4. The molecule has 2 rings (SSSR count). The van der Waals surface area contributed by atoms with Crippen LogP contribution in [0.4, 0.5) is 11.4 Å². The number of carbonyl (C=O) groups is 1. The minimum Gasteiger partial charge on any atom is -0.375 e. The van der Waals surface area contributed by atoms with Gasteiger partial charge in [0.05, 0.1) is 21.8 Å². The van der Waals surface area contributed by atoms with E-state index < -0.39 is 0 Å². The zero-order valence-corrected chi connectivity index (χ0v) is 12.1. The topological polar surface area (TPSA) is 58.4 Å². The van der Waals surface area contributed by atoms with E-state index in [1.807, 2.05) is 37.2 Å². The van der Waals surface area contributed by atoms with Crippen molar-refractivity contribution in [3.63, 3.8) is 0 Å². The number of halogens is 1. The lowest BCUT2D eigenvalue weighted by molar-refractivity contribution is -0.129. The van der Waals surface area contributed by atoms with Gasteiger partial charge in [-0.25, -0.2) is 0 Å². The van der Waals surface area contributed by atoms with Crippen molar-refractivity contribution in [2.24, 2.45) is 11.1 Å². The van der Waals surface area contributed by atoms with Gasteiger partial charge in [-0.05, 0) is 25.0 Å². The molecule has 1 aromatic rings. The van der Waals surface area contributed by atoms with E-state index in [1.165, 1.54) is 0 Å². The predicted octanol–water partition coefficient (Wildman–Crippen LogP) is 2.47. The summed E-state index contributed by atoms with van der Waals surface area (Å²) in [6.07, 6.45) is 2.81. The molecule has 0 radical (unpaired) electrons. The fourth-order valence-electron chi connectivity index (χ4n) is 2.45. The Kier molecular flexibility index (Phi) is 4.02. The Labute approximate surface area is 118 Å². The monoisotopic (exact) mass is 281 g/mol. The Morgan fingerprint density at radius 1 is 1.47 bits per heavy atom. The van der Waals surface area contributed by atoms with E-state index in [0.717, 1.165) is 30.6 Å². The van der Waals surface area contributed by atoms with Crippen molar-refractivity contribution in [1.29, 1.82) is 0 Å². The molecule has 1 aromatic carbocycles. The summed E-state index contributed by atoms with van der Waals surface area (Å²) in [6, 6.07) is 5.51. The molecule has 5 heteroatoms. The number of nitrogens with zero attached hydrogens (tertiary/aromatic N) is 1. The molecular formula is C14H20ClN3O. The number of nitrogens with two attached hydrogens (primary N) is 1. The van der Waals surface area contributed by atoms with Gasteiger partial charge in [0.25, 0.3) is 0 Å². The van der Waals surface area contributed by atoms with Gasteiger partial charge in [0, 0.05) is 20.6 Å². The summed E-state index contributed by atoms with van der Waals surface area (Å²) in [4.78, 5) is 14.3. The standard InChI is InChI=1S/C14H20ClN3O/c1-18(2)12-10(15)5-3-6-11(12)17-13(19)14(9-16)7-4-8-14/h3,5-6H,4,7-9,16H2,1-2H3,(H,17,19). The van der Waals surface area contributed by atoms with E-state index in [9.17, 15) is 4.79 Å². The summed E-state index contributed by atoms with van der Waals surface area (Å²) in [6.45, 7) is 0.400. The van der Waals surface area contributed by atoms with Crippen LogP contribution in [0.5, 0.6) is 0 Å². The molecule has 3 N–H and O–H groups in total. The van der Waals surface area contributed by atoms with Crippen molar-refractivity contribution in [3.05, 3.63) is 23.2 Å². The SMILES string of the molecule is CN(C)c1c(Cl)cccc1NC(=O)C1(CN)CCC1. The van der Waals surface area contributed by atoms with E-state index in [4.69, 9.17) is 17.3 Å². The van der Waals surface area contributed by atoms with E-state index in [1.54, 1.807) is 0 Å². The molecule has 0 unspecified atom stereocenters. The summed E-state index contributed by atoms with van der Waals surface area (Å²) < 4.78 is 0. The maximum atomic E-state index is 12.4. The van der Waals surface area contributed by atoms with Gasteiger partial charge < -0.3 is 16.0 Å². The van der Waals surface area contributed by atoms with E-state index in [0.29, 0.717) is 11.6 Å². The summed E-state index contributed by atoms with van der Waals surface area (Å²) in [5.74, 6) is 0.00613. The third-order valence-electron chi connectivity index (χ3n) is 3.87. The van der Waals surface area contributed by atoms with Crippen LogP contribution < -0.4 is 16.0 Å². The van der Waals surface area contributed by atoms with Gasteiger partial charge in [-0.2, -0.15) is 0 Å². The highest BCUT2D eigenvalue weighted by atomic mass is 35.5. The second-order valence-electron chi connectivity index (χ2n) is 5.32. The van der Waals surface area contributed by atoms with Crippen LogP contribution in [0.3, 0.4) is 0 Å². The van der Waals surface area contributed by atoms with Crippen LogP contribution >= 0.6 is 11.6 Å². The lowest BCUT2D eigenvalue weighted by Gasteiger charge is -2.39. The van der Waals surface area contributed by atoms with Crippen molar-refractivity contribution < 1.29 is 4.79 Å². The number of hydrogen-bond acceptors (Lipinski definition) is 3. The fourth-order valence-corrected chi connectivity index (χ4v) is 2.80. The molecule has 1 saturated carbocycles. The Morgan fingerprint density at radius 3 is 2.63 bits per heavy atom. The normalized spacial score (nSPS) is 16.6. The number of rotatable bonds is 4. The Hall–Kier alpha value is -1.26. The Morgan fingerprint density at radius 2 is 2.16 bits per heavy atom. The highest BCUT2D eigenvalue weighted by Crippen LogP contribution is 2.42. The minimum absolute atomic E-state index is 0.00613. The molecule has 104 valence electrons. The van der Waals surface area contributed by atoms with Crippen molar-refractivity contribution in [3.8, 4) is 0 Å². The second-order valence-corrected chi connectivity index (χ2v) is 5.73. The van der Waals surface area contributed by atoms with E-state index >= 15 is 0 Å². The van der Waals surface area contributed by atoms with Crippen LogP contribution in [0.1, 0.15) is 19.3 Å². The molecule has 1 aliphatic carbocycles. The lowest BCUT2D eigenvalue weighted by Crippen LogP contribution is -2.47. The molecule has 0 aliphatic heterocycles. The molecule has 0 saturated heterocycles.